The van der Waals surface area contributed by atoms with Crippen LogP contribution in [-0.2, 0) is 0 Å². The first-order valence-electron chi connectivity index (χ1n) is 7.16. The Morgan fingerprint density at radius 1 is 1.00 bits per heavy atom. The molecule has 24 heavy (non-hydrogen) atoms. The van der Waals surface area contributed by atoms with Gasteiger partial charge in [-0.05, 0) is 42.5 Å². The largest absolute Gasteiger partial charge is 0.497 e. The van der Waals surface area contributed by atoms with Gasteiger partial charge in [0.15, 0.2) is 0 Å². The number of hydrogen-bond acceptors (Lipinski definition) is 3. The average Bonchev–Trinajstić information content (AvgIpc) is 2.57. The van der Waals surface area contributed by atoms with Gasteiger partial charge in [0.05, 0.1) is 7.11 Å². The van der Waals surface area contributed by atoms with E-state index in [9.17, 15) is 14.0 Å². The van der Waals surface area contributed by atoms with Crippen molar-refractivity contribution in [3.8, 4) is 5.75 Å². The Labute approximate surface area is 147 Å². The molecule has 2 aromatic carbocycles. The van der Waals surface area contributed by atoms with Gasteiger partial charge in [0.25, 0.3) is 11.8 Å². The van der Waals surface area contributed by atoms with Crippen LogP contribution in [0.25, 0.3) is 0 Å². The molecule has 0 spiro atoms. The standard InChI is InChI=1S/C17H16BrFN2O3/c1-24-15-4-2-11(3-5-15)16(22)20-6-7-21-17(23)12-8-13(18)10-14(19)9-12/h2-5,8-10H,6-7H2,1H3,(H,20,22)(H,21,23). The molecule has 0 saturated carbocycles. The Morgan fingerprint density at radius 3 is 2.12 bits per heavy atom. The van der Waals surface area contributed by atoms with E-state index in [2.05, 4.69) is 26.6 Å². The molecular formula is C17H16BrFN2O3. The minimum Gasteiger partial charge on any atom is -0.497 e. The maximum absolute atomic E-state index is 13.2. The maximum Gasteiger partial charge on any atom is 0.251 e. The molecule has 2 N–H and O–H groups in total. The van der Waals surface area contributed by atoms with Crippen molar-refractivity contribution in [3.63, 3.8) is 0 Å². The SMILES string of the molecule is COc1ccc(C(=O)NCCNC(=O)c2cc(F)cc(Br)c2)cc1. The monoisotopic (exact) mass is 394 g/mol. The Morgan fingerprint density at radius 2 is 1.58 bits per heavy atom. The molecule has 0 aliphatic carbocycles. The van der Waals surface area contributed by atoms with Crippen LogP contribution >= 0.6 is 15.9 Å². The van der Waals surface area contributed by atoms with E-state index < -0.39 is 11.7 Å². The van der Waals surface area contributed by atoms with Crippen LogP contribution in [0.5, 0.6) is 5.75 Å². The second-order valence-electron chi connectivity index (χ2n) is 4.90. The third-order valence-corrected chi connectivity index (χ3v) is 3.63. The van der Waals surface area contributed by atoms with E-state index in [1.807, 2.05) is 0 Å². The minimum atomic E-state index is -0.498. The molecule has 0 saturated heterocycles. The molecule has 0 atom stereocenters. The number of ether oxygens (including phenoxy) is 1. The van der Waals surface area contributed by atoms with Crippen LogP contribution in [0.1, 0.15) is 20.7 Å². The molecule has 5 nitrogen and oxygen atoms in total. The van der Waals surface area contributed by atoms with Crippen molar-refractivity contribution in [1.82, 2.24) is 10.6 Å². The van der Waals surface area contributed by atoms with Crippen LogP contribution in [-0.4, -0.2) is 32.0 Å². The van der Waals surface area contributed by atoms with E-state index >= 15 is 0 Å². The molecule has 0 aliphatic heterocycles. The first-order valence-corrected chi connectivity index (χ1v) is 7.95. The molecule has 0 radical (unpaired) electrons. The zero-order chi connectivity index (χ0) is 17.5. The number of benzene rings is 2. The van der Waals surface area contributed by atoms with Gasteiger partial charge in [0.2, 0.25) is 0 Å². The summed E-state index contributed by atoms with van der Waals surface area (Å²) >= 11 is 3.13. The van der Waals surface area contributed by atoms with Gasteiger partial charge in [0, 0.05) is 28.7 Å². The third-order valence-electron chi connectivity index (χ3n) is 3.17. The first-order chi connectivity index (χ1) is 11.5. The Balaban J connectivity index is 1.79. The minimum absolute atomic E-state index is 0.211. The van der Waals surface area contributed by atoms with E-state index in [1.165, 1.54) is 12.1 Å². The van der Waals surface area contributed by atoms with Crippen molar-refractivity contribution < 1.29 is 18.7 Å². The highest BCUT2D eigenvalue weighted by molar-refractivity contribution is 9.10. The van der Waals surface area contributed by atoms with Crippen molar-refractivity contribution in [2.45, 2.75) is 0 Å². The van der Waals surface area contributed by atoms with Crippen molar-refractivity contribution in [2.24, 2.45) is 0 Å². The summed E-state index contributed by atoms with van der Waals surface area (Å²) in [4.78, 5) is 23.8. The fraction of sp³-hybridized carbons (Fsp3) is 0.176. The zero-order valence-electron chi connectivity index (χ0n) is 12.9. The number of halogens is 2. The van der Waals surface area contributed by atoms with Gasteiger partial charge in [-0.2, -0.15) is 0 Å². The number of hydrogen-bond donors (Lipinski definition) is 2. The topological polar surface area (TPSA) is 67.4 Å². The Hall–Kier alpha value is -2.41. The predicted molar refractivity (Wildman–Crippen MR) is 91.8 cm³/mol. The summed E-state index contributed by atoms with van der Waals surface area (Å²) in [6, 6.07) is 10.6. The quantitative estimate of drug-likeness (QED) is 0.740. The highest BCUT2D eigenvalue weighted by atomic mass is 79.9. The maximum atomic E-state index is 13.2. The fourth-order valence-electron chi connectivity index (χ4n) is 1.98. The molecule has 0 aliphatic rings. The van der Waals surface area contributed by atoms with Gasteiger partial charge in [-0.3, -0.25) is 9.59 Å². The number of carbonyl (C=O) groups excluding carboxylic acids is 2. The Bertz CT molecular complexity index is 715. The fourth-order valence-corrected chi connectivity index (χ4v) is 2.45. The first kappa shape index (κ1) is 17.9. The lowest BCUT2D eigenvalue weighted by Crippen LogP contribution is -2.34. The van der Waals surface area contributed by atoms with Crippen LogP contribution in [0.4, 0.5) is 4.39 Å². The van der Waals surface area contributed by atoms with Crippen LogP contribution < -0.4 is 15.4 Å². The van der Waals surface area contributed by atoms with Crippen molar-refractivity contribution in [1.29, 1.82) is 0 Å². The zero-order valence-corrected chi connectivity index (χ0v) is 14.5. The molecule has 2 rings (SSSR count). The lowest BCUT2D eigenvalue weighted by molar-refractivity contribution is 0.0927. The molecule has 2 aromatic rings. The average molecular weight is 395 g/mol. The van der Waals surface area contributed by atoms with Gasteiger partial charge in [0.1, 0.15) is 11.6 Å². The van der Waals surface area contributed by atoms with Gasteiger partial charge in [-0.1, -0.05) is 15.9 Å². The molecular weight excluding hydrogens is 379 g/mol. The smallest absolute Gasteiger partial charge is 0.251 e. The van der Waals surface area contributed by atoms with Gasteiger partial charge in [-0.25, -0.2) is 4.39 Å². The molecule has 7 heteroatoms. The van der Waals surface area contributed by atoms with Gasteiger partial charge >= 0.3 is 0 Å². The van der Waals surface area contributed by atoms with E-state index in [1.54, 1.807) is 31.4 Å². The molecule has 2 amide bonds. The number of methoxy groups -OCH3 is 1. The number of carbonyl (C=O) groups is 2. The van der Waals surface area contributed by atoms with Crippen LogP contribution in [0.15, 0.2) is 46.9 Å². The van der Waals surface area contributed by atoms with Gasteiger partial charge in [-0.15, -0.1) is 0 Å². The lowest BCUT2D eigenvalue weighted by atomic mass is 10.2. The van der Waals surface area contributed by atoms with Crippen molar-refractivity contribution in [3.05, 3.63) is 63.9 Å². The Kier molecular flexibility index (Phi) is 6.31. The van der Waals surface area contributed by atoms with E-state index in [0.717, 1.165) is 6.07 Å². The third kappa shape index (κ3) is 5.06. The molecule has 0 fully saturated rings. The molecule has 0 heterocycles. The van der Waals surface area contributed by atoms with Crippen LogP contribution in [0, 0.1) is 5.82 Å². The van der Waals surface area contributed by atoms with Crippen molar-refractivity contribution >= 4 is 27.7 Å². The van der Waals surface area contributed by atoms with E-state index in [-0.39, 0.29) is 24.6 Å². The summed E-state index contributed by atoms with van der Waals surface area (Å²) in [5.74, 6) is -0.489. The summed E-state index contributed by atoms with van der Waals surface area (Å²) in [5, 5.41) is 5.31. The molecule has 126 valence electrons. The summed E-state index contributed by atoms with van der Waals surface area (Å²) < 4.78 is 18.8. The normalized spacial score (nSPS) is 10.1. The lowest BCUT2D eigenvalue weighted by Gasteiger charge is -2.08. The van der Waals surface area contributed by atoms with Gasteiger partial charge < -0.3 is 15.4 Å². The molecule has 0 bridgehead atoms. The summed E-state index contributed by atoms with van der Waals surface area (Å²) in [6.07, 6.45) is 0. The molecule has 0 unspecified atom stereocenters. The second kappa shape index (κ2) is 8.44. The predicted octanol–water partition coefficient (Wildman–Crippen LogP) is 2.76. The number of nitrogens with one attached hydrogen (secondary N) is 2. The number of rotatable bonds is 6. The summed E-state index contributed by atoms with van der Waals surface area (Å²) in [5.41, 5.74) is 0.708. The summed E-state index contributed by atoms with van der Waals surface area (Å²) in [6.45, 7) is 0.488. The summed E-state index contributed by atoms with van der Waals surface area (Å²) in [7, 11) is 1.55. The van der Waals surface area contributed by atoms with E-state index in [0.29, 0.717) is 15.8 Å². The highest BCUT2D eigenvalue weighted by Gasteiger charge is 2.09. The second-order valence-corrected chi connectivity index (χ2v) is 5.81. The number of amides is 2. The van der Waals surface area contributed by atoms with E-state index in [4.69, 9.17) is 4.74 Å². The van der Waals surface area contributed by atoms with Crippen LogP contribution in [0.3, 0.4) is 0 Å². The van der Waals surface area contributed by atoms with Crippen LogP contribution in [0.2, 0.25) is 0 Å². The highest BCUT2D eigenvalue weighted by Crippen LogP contribution is 2.14. The van der Waals surface area contributed by atoms with Crippen molar-refractivity contribution in [2.75, 3.05) is 20.2 Å². The molecule has 0 aromatic heterocycles.